The van der Waals surface area contributed by atoms with Crippen molar-refractivity contribution in [3.63, 3.8) is 0 Å². The number of hydrogen-bond acceptors (Lipinski definition) is 6. The van der Waals surface area contributed by atoms with Gasteiger partial charge in [-0.15, -0.1) is 10.2 Å². The Hall–Kier alpha value is -3.67. The number of likely N-dealkylation sites (tertiary alicyclic amines) is 1. The molecule has 2 unspecified atom stereocenters. The number of halogens is 3. The van der Waals surface area contributed by atoms with Crippen molar-refractivity contribution in [3.05, 3.63) is 71.7 Å². The number of carbonyl (C=O) groups is 2. The number of furan rings is 1. The molecule has 0 radical (unpaired) electrons. The summed E-state index contributed by atoms with van der Waals surface area (Å²) in [6.45, 7) is 4.29. The molecule has 1 fully saturated rings. The molecule has 35 heavy (non-hydrogen) atoms. The van der Waals surface area contributed by atoms with E-state index in [-0.39, 0.29) is 5.91 Å². The minimum atomic E-state index is -5.08. The number of rotatable bonds is 5. The van der Waals surface area contributed by atoms with Gasteiger partial charge in [0, 0.05) is 44.7 Å². The van der Waals surface area contributed by atoms with Gasteiger partial charge in [0.25, 0.3) is 5.91 Å². The molecule has 1 aromatic carbocycles. The topological polar surface area (TPSA) is 113 Å². The van der Waals surface area contributed by atoms with Crippen molar-refractivity contribution in [1.82, 2.24) is 25.0 Å². The van der Waals surface area contributed by atoms with Crippen LogP contribution in [0.1, 0.15) is 27.6 Å². The van der Waals surface area contributed by atoms with Gasteiger partial charge in [-0.25, -0.2) is 4.79 Å². The second-order valence-electron chi connectivity index (χ2n) is 8.57. The lowest BCUT2D eigenvalue weighted by atomic mass is 9.89. The van der Waals surface area contributed by atoms with Gasteiger partial charge in [0.05, 0.1) is 12.5 Å². The van der Waals surface area contributed by atoms with Gasteiger partial charge in [-0.1, -0.05) is 30.3 Å². The molecule has 186 valence electrons. The van der Waals surface area contributed by atoms with E-state index in [4.69, 9.17) is 14.3 Å². The van der Waals surface area contributed by atoms with Crippen LogP contribution in [-0.2, 0) is 30.8 Å². The average Bonchev–Trinajstić information content (AvgIpc) is 3.56. The summed E-state index contributed by atoms with van der Waals surface area (Å²) in [6.07, 6.45) is -0.669. The Kier molecular flexibility index (Phi) is 7.20. The van der Waals surface area contributed by atoms with E-state index in [1.165, 1.54) is 5.56 Å². The Morgan fingerprint density at radius 2 is 1.77 bits per heavy atom. The number of aromatic nitrogens is 3. The lowest BCUT2D eigenvalue weighted by Gasteiger charge is -2.25. The van der Waals surface area contributed by atoms with Crippen LogP contribution in [0.2, 0.25) is 0 Å². The molecule has 2 aliphatic heterocycles. The normalized spacial score (nSPS) is 19.3. The monoisotopic (exact) mass is 491 g/mol. The third-order valence-corrected chi connectivity index (χ3v) is 6.07. The van der Waals surface area contributed by atoms with Crippen molar-refractivity contribution in [2.45, 2.75) is 32.2 Å². The van der Waals surface area contributed by atoms with Gasteiger partial charge in [0.15, 0.2) is 0 Å². The number of benzene rings is 1. The fourth-order valence-corrected chi connectivity index (χ4v) is 4.42. The minimum Gasteiger partial charge on any atom is -0.475 e. The number of alkyl halides is 3. The third kappa shape index (κ3) is 6.07. The zero-order valence-electron chi connectivity index (χ0n) is 18.6. The highest BCUT2D eigenvalue weighted by atomic mass is 19.4. The first kappa shape index (κ1) is 24.5. The van der Waals surface area contributed by atoms with Gasteiger partial charge in [-0.3, -0.25) is 9.69 Å². The predicted molar refractivity (Wildman–Crippen MR) is 116 cm³/mol. The molecule has 0 saturated carbocycles. The molecule has 3 aromatic rings. The minimum absolute atomic E-state index is 0.158. The van der Waals surface area contributed by atoms with Crippen LogP contribution in [0.4, 0.5) is 13.2 Å². The highest BCUT2D eigenvalue weighted by Gasteiger charge is 2.39. The van der Waals surface area contributed by atoms with Gasteiger partial charge >= 0.3 is 12.1 Å². The van der Waals surface area contributed by atoms with Crippen molar-refractivity contribution in [3.8, 4) is 0 Å². The fourth-order valence-electron chi connectivity index (χ4n) is 4.42. The Balaban J connectivity index is 0.000000364. The number of fused-ring (bicyclic) bond motifs is 2. The first-order chi connectivity index (χ1) is 16.7. The molecule has 12 heteroatoms. The van der Waals surface area contributed by atoms with E-state index in [9.17, 15) is 18.0 Å². The molecule has 9 nitrogen and oxygen atoms in total. The van der Waals surface area contributed by atoms with Gasteiger partial charge in [0.1, 0.15) is 5.82 Å². The zero-order valence-corrected chi connectivity index (χ0v) is 18.6. The van der Waals surface area contributed by atoms with Crippen molar-refractivity contribution in [2.24, 2.45) is 11.8 Å². The van der Waals surface area contributed by atoms with Gasteiger partial charge in [0.2, 0.25) is 5.82 Å². The SMILES string of the molecule is O=C(NCc1ccccc1)c1nnc2n1CC1CN(Cc3ccoc3)CC1C2.O=C(O)C(F)(F)F. The molecule has 0 bridgehead atoms. The number of nitrogens with zero attached hydrogens (tertiary/aromatic N) is 4. The lowest BCUT2D eigenvalue weighted by molar-refractivity contribution is -0.192. The summed E-state index contributed by atoms with van der Waals surface area (Å²) in [5, 5.41) is 18.6. The van der Waals surface area contributed by atoms with Crippen LogP contribution in [0.15, 0.2) is 53.3 Å². The summed E-state index contributed by atoms with van der Waals surface area (Å²) in [5.74, 6) is -0.462. The van der Waals surface area contributed by atoms with E-state index in [1.54, 1.807) is 6.26 Å². The van der Waals surface area contributed by atoms with E-state index in [0.717, 1.165) is 44.0 Å². The second-order valence-corrected chi connectivity index (χ2v) is 8.57. The van der Waals surface area contributed by atoms with Crippen molar-refractivity contribution < 1.29 is 32.3 Å². The number of hydrogen-bond donors (Lipinski definition) is 2. The predicted octanol–water partition coefficient (Wildman–Crippen LogP) is 2.74. The molecule has 2 atom stereocenters. The number of carbonyl (C=O) groups excluding carboxylic acids is 1. The van der Waals surface area contributed by atoms with Crippen LogP contribution in [0.3, 0.4) is 0 Å². The summed E-state index contributed by atoms with van der Waals surface area (Å²) in [5.41, 5.74) is 2.28. The molecule has 1 amide bonds. The molecule has 0 aliphatic carbocycles. The highest BCUT2D eigenvalue weighted by Crippen LogP contribution is 2.33. The lowest BCUT2D eigenvalue weighted by Crippen LogP contribution is -2.32. The van der Waals surface area contributed by atoms with E-state index >= 15 is 0 Å². The molecule has 0 spiro atoms. The molecule has 1 saturated heterocycles. The third-order valence-electron chi connectivity index (χ3n) is 6.07. The van der Waals surface area contributed by atoms with E-state index in [1.807, 2.05) is 47.2 Å². The van der Waals surface area contributed by atoms with Gasteiger partial charge in [-0.2, -0.15) is 13.2 Å². The summed E-state index contributed by atoms with van der Waals surface area (Å²) in [6, 6.07) is 11.9. The van der Waals surface area contributed by atoms with E-state index in [2.05, 4.69) is 20.4 Å². The van der Waals surface area contributed by atoms with E-state index < -0.39 is 12.1 Å². The summed E-state index contributed by atoms with van der Waals surface area (Å²) < 4.78 is 38.9. The number of carboxylic acids is 1. The maximum atomic E-state index is 12.7. The highest BCUT2D eigenvalue weighted by molar-refractivity contribution is 5.90. The molecule has 4 heterocycles. The largest absolute Gasteiger partial charge is 0.490 e. The van der Waals surface area contributed by atoms with Crippen molar-refractivity contribution in [1.29, 1.82) is 0 Å². The van der Waals surface area contributed by atoms with Crippen LogP contribution in [-0.4, -0.2) is 55.9 Å². The van der Waals surface area contributed by atoms with Crippen LogP contribution < -0.4 is 5.32 Å². The Morgan fingerprint density at radius 1 is 1.06 bits per heavy atom. The van der Waals surface area contributed by atoms with Crippen LogP contribution in [0, 0.1) is 11.8 Å². The molecule has 2 aromatic heterocycles. The summed E-state index contributed by atoms with van der Waals surface area (Å²) >= 11 is 0. The summed E-state index contributed by atoms with van der Waals surface area (Å²) in [4.78, 5) is 24.0. The zero-order chi connectivity index (χ0) is 25.0. The number of carboxylic acid groups (broad SMARTS) is 1. The smallest absolute Gasteiger partial charge is 0.475 e. The van der Waals surface area contributed by atoms with Crippen LogP contribution in [0.5, 0.6) is 0 Å². The number of aliphatic carboxylic acids is 1. The quantitative estimate of drug-likeness (QED) is 0.564. The molecule has 5 rings (SSSR count). The van der Waals surface area contributed by atoms with Gasteiger partial charge in [-0.05, 0) is 23.5 Å². The maximum absolute atomic E-state index is 12.7. The van der Waals surface area contributed by atoms with Crippen LogP contribution >= 0.6 is 0 Å². The molecular weight excluding hydrogens is 467 g/mol. The maximum Gasteiger partial charge on any atom is 0.490 e. The fraction of sp³-hybridized carbons (Fsp3) is 0.391. The Bertz CT molecular complexity index is 1150. The van der Waals surface area contributed by atoms with Crippen molar-refractivity contribution >= 4 is 11.9 Å². The second kappa shape index (κ2) is 10.3. The Morgan fingerprint density at radius 3 is 2.43 bits per heavy atom. The first-order valence-electron chi connectivity index (χ1n) is 11.0. The van der Waals surface area contributed by atoms with Crippen LogP contribution in [0.25, 0.3) is 0 Å². The van der Waals surface area contributed by atoms with E-state index in [0.29, 0.717) is 24.2 Å². The molecular formula is C23H24F3N5O4. The molecule has 2 N–H and O–H groups in total. The first-order valence-corrected chi connectivity index (χ1v) is 11.0. The average molecular weight is 491 g/mol. The van der Waals surface area contributed by atoms with Gasteiger partial charge < -0.3 is 19.4 Å². The van der Waals surface area contributed by atoms with Crippen molar-refractivity contribution in [2.75, 3.05) is 13.1 Å². The summed E-state index contributed by atoms with van der Waals surface area (Å²) in [7, 11) is 0. The Labute approximate surface area is 198 Å². The molecule has 2 aliphatic rings. The standard InChI is InChI=1S/C21H23N5O2.C2HF3O2/c27-21(22-9-15-4-2-1-3-5-15)20-24-23-19-8-17-11-25(10-16-6-7-28-14-16)12-18(17)13-26(19)20;3-2(4,5)1(6)7/h1-7,14,17-18H,8-13H2,(H,22,27);(H,6,7). The number of amides is 1. The number of nitrogens with one attached hydrogen (secondary N) is 1.